The summed E-state index contributed by atoms with van der Waals surface area (Å²) in [7, 11) is 1.61. The van der Waals surface area contributed by atoms with Crippen LogP contribution in [0.3, 0.4) is 0 Å². The smallest absolute Gasteiger partial charge is 0.330 e. The molecule has 1 saturated carbocycles. The summed E-state index contributed by atoms with van der Waals surface area (Å²) < 4.78 is 29.7. The zero-order valence-corrected chi connectivity index (χ0v) is 22.0. The zero-order chi connectivity index (χ0) is 27.1. The number of hydrogen-bond acceptors (Lipinski definition) is 5. The maximum atomic E-state index is 13.5. The number of carbonyl (C=O) groups excluding carboxylic acids is 1. The van der Waals surface area contributed by atoms with Crippen LogP contribution < -0.4 is 11.0 Å². The van der Waals surface area contributed by atoms with Crippen LogP contribution in [0.2, 0.25) is 0 Å². The predicted octanol–water partition coefficient (Wildman–Crippen LogP) is 3.07. The van der Waals surface area contributed by atoms with Gasteiger partial charge in [0.05, 0.1) is 11.2 Å². The van der Waals surface area contributed by atoms with Crippen LogP contribution in [0.5, 0.6) is 0 Å². The molecule has 0 saturated heterocycles. The Hall–Kier alpha value is -3.11. The third kappa shape index (κ3) is 5.60. The van der Waals surface area contributed by atoms with E-state index < -0.39 is 17.4 Å². The molecule has 0 radical (unpaired) electrons. The van der Waals surface area contributed by atoms with Gasteiger partial charge in [0, 0.05) is 57.7 Å². The summed E-state index contributed by atoms with van der Waals surface area (Å²) in [4.78, 5) is 31.4. The summed E-state index contributed by atoms with van der Waals surface area (Å²) in [5.41, 5.74) is 2.94. The molecular formula is C27H35F2N5O3. The second-order valence-electron chi connectivity index (χ2n) is 10.4. The summed E-state index contributed by atoms with van der Waals surface area (Å²) in [6, 6.07) is 9.67. The van der Waals surface area contributed by atoms with Crippen molar-refractivity contribution in [2.45, 2.75) is 58.7 Å². The summed E-state index contributed by atoms with van der Waals surface area (Å²) in [5, 5.41) is 13.3. The lowest BCUT2D eigenvalue weighted by atomic mass is 10.0. The van der Waals surface area contributed by atoms with E-state index in [-0.39, 0.29) is 24.6 Å². The van der Waals surface area contributed by atoms with E-state index in [4.69, 9.17) is 4.98 Å². The van der Waals surface area contributed by atoms with Gasteiger partial charge in [0.25, 0.3) is 11.8 Å². The third-order valence-electron chi connectivity index (χ3n) is 7.00. The maximum absolute atomic E-state index is 13.5. The average molecular weight is 516 g/mol. The Morgan fingerprint density at radius 3 is 2.62 bits per heavy atom. The normalized spacial score (nSPS) is 16.8. The number of aromatic nitrogens is 3. The van der Waals surface area contributed by atoms with Gasteiger partial charge in [-0.2, -0.15) is 0 Å². The van der Waals surface area contributed by atoms with Crippen molar-refractivity contribution in [1.29, 1.82) is 0 Å². The number of aryl methyl sites for hydroxylation is 2. The SMILES string of the molecule is CCN(CCNCc1ccc(C)c(-c2ccc3c(n2)n(C)c(=O)n3CC2CC2(F)F)c1)C(=O)C(C)(C)O. The zero-order valence-electron chi connectivity index (χ0n) is 22.0. The maximum Gasteiger partial charge on any atom is 0.330 e. The molecule has 10 heteroatoms. The van der Waals surface area contributed by atoms with Gasteiger partial charge in [0.2, 0.25) is 0 Å². The van der Waals surface area contributed by atoms with Gasteiger partial charge < -0.3 is 15.3 Å². The fourth-order valence-corrected chi connectivity index (χ4v) is 4.58. The number of aliphatic hydroxyl groups is 1. The molecule has 1 aliphatic carbocycles. The third-order valence-corrected chi connectivity index (χ3v) is 7.00. The highest BCUT2D eigenvalue weighted by Crippen LogP contribution is 2.49. The van der Waals surface area contributed by atoms with E-state index in [0.717, 1.165) is 16.7 Å². The van der Waals surface area contributed by atoms with Crippen molar-refractivity contribution in [2.24, 2.45) is 13.0 Å². The lowest BCUT2D eigenvalue weighted by Gasteiger charge is -2.27. The molecule has 37 heavy (non-hydrogen) atoms. The number of imidazole rings is 1. The van der Waals surface area contributed by atoms with Crippen LogP contribution in [0.1, 0.15) is 38.3 Å². The van der Waals surface area contributed by atoms with E-state index in [1.807, 2.05) is 38.1 Å². The van der Waals surface area contributed by atoms with E-state index in [9.17, 15) is 23.5 Å². The van der Waals surface area contributed by atoms with Crippen LogP contribution in [0, 0.1) is 12.8 Å². The number of pyridine rings is 1. The van der Waals surface area contributed by atoms with Crippen LogP contribution in [0.4, 0.5) is 8.78 Å². The monoisotopic (exact) mass is 515 g/mol. The van der Waals surface area contributed by atoms with Crippen LogP contribution in [0.15, 0.2) is 35.1 Å². The van der Waals surface area contributed by atoms with Crippen molar-refractivity contribution in [2.75, 3.05) is 19.6 Å². The van der Waals surface area contributed by atoms with E-state index in [2.05, 4.69) is 5.32 Å². The van der Waals surface area contributed by atoms with Gasteiger partial charge in [-0.05, 0) is 57.0 Å². The Kier molecular flexibility index (Phi) is 7.27. The van der Waals surface area contributed by atoms with Crippen LogP contribution in [-0.2, 0) is 24.9 Å². The molecule has 8 nitrogen and oxygen atoms in total. The fraction of sp³-hybridized carbons (Fsp3) is 0.519. The molecule has 1 amide bonds. The summed E-state index contributed by atoms with van der Waals surface area (Å²) in [6.45, 7) is 8.97. The molecule has 1 aliphatic rings. The van der Waals surface area contributed by atoms with Gasteiger partial charge in [-0.15, -0.1) is 0 Å². The van der Waals surface area contributed by atoms with Crippen LogP contribution in [-0.4, -0.2) is 61.2 Å². The molecule has 4 rings (SSSR count). The molecule has 2 N–H and O–H groups in total. The highest BCUT2D eigenvalue weighted by molar-refractivity contribution is 5.84. The van der Waals surface area contributed by atoms with Gasteiger partial charge in [0.1, 0.15) is 5.60 Å². The second-order valence-corrected chi connectivity index (χ2v) is 10.4. The molecule has 2 aromatic heterocycles. The number of alkyl halides is 2. The number of hydrogen-bond donors (Lipinski definition) is 2. The fourth-order valence-electron chi connectivity index (χ4n) is 4.58. The minimum atomic E-state index is -2.69. The standard InChI is InChI=1S/C27H35F2N5O3/c1-6-33(24(35)26(3,4)37)12-11-30-15-18-8-7-17(2)20(13-18)21-9-10-22-23(31-21)32(5)25(36)34(22)16-19-14-27(19,28)29/h7-10,13,19,30,37H,6,11-12,14-16H2,1-5H3. The number of halogens is 2. The molecular weight excluding hydrogens is 480 g/mol. The largest absolute Gasteiger partial charge is 0.381 e. The lowest BCUT2D eigenvalue weighted by Crippen LogP contribution is -2.47. The molecule has 0 aliphatic heterocycles. The van der Waals surface area contributed by atoms with Crippen molar-refractivity contribution in [1.82, 2.24) is 24.3 Å². The molecule has 0 spiro atoms. The Bertz CT molecular complexity index is 1370. The number of nitrogens with one attached hydrogen (secondary N) is 1. The van der Waals surface area contributed by atoms with Gasteiger partial charge in [0.15, 0.2) is 5.65 Å². The lowest BCUT2D eigenvalue weighted by molar-refractivity contribution is -0.147. The first kappa shape index (κ1) is 26.9. The summed E-state index contributed by atoms with van der Waals surface area (Å²) in [6.07, 6.45) is -0.187. The quantitative estimate of drug-likeness (QED) is 0.405. The number of rotatable bonds is 10. The molecule has 2 heterocycles. The van der Waals surface area contributed by atoms with Gasteiger partial charge in [-0.3, -0.25) is 13.9 Å². The minimum absolute atomic E-state index is 0.0127. The van der Waals surface area contributed by atoms with E-state index in [1.165, 1.54) is 23.0 Å². The number of nitrogens with zero attached hydrogens (tertiary/aromatic N) is 4. The molecule has 3 aromatic rings. The number of fused-ring (bicyclic) bond motifs is 1. The minimum Gasteiger partial charge on any atom is -0.381 e. The Morgan fingerprint density at radius 2 is 2.00 bits per heavy atom. The van der Waals surface area contributed by atoms with E-state index >= 15 is 0 Å². The first-order chi connectivity index (χ1) is 17.3. The van der Waals surface area contributed by atoms with E-state index in [0.29, 0.717) is 43.0 Å². The topological polar surface area (TPSA) is 92.4 Å². The first-order valence-corrected chi connectivity index (χ1v) is 12.6. The second kappa shape index (κ2) is 9.98. The van der Waals surface area contributed by atoms with Crippen molar-refractivity contribution < 1.29 is 18.7 Å². The summed E-state index contributed by atoms with van der Waals surface area (Å²) in [5.74, 6) is -3.80. The van der Waals surface area contributed by atoms with Crippen LogP contribution in [0.25, 0.3) is 22.4 Å². The Labute approximate surface area is 214 Å². The molecule has 0 bridgehead atoms. The molecule has 200 valence electrons. The molecule has 1 unspecified atom stereocenters. The summed E-state index contributed by atoms with van der Waals surface area (Å²) >= 11 is 0. The average Bonchev–Trinajstić information content (AvgIpc) is 3.39. The van der Waals surface area contributed by atoms with Gasteiger partial charge in [-0.1, -0.05) is 12.1 Å². The van der Waals surface area contributed by atoms with Crippen molar-refractivity contribution in [3.05, 3.63) is 51.9 Å². The Morgan fingerprint density at radius 1 is 1.30 bits per heavy atom. The predicted molar refractivity (Wildman–Crippen MR) is 138 cm³/mol. The Balaban J connectivity index is 1.49. The van der Waals surface area contributed by atoms with E-state index in [1.54, 1.807) is 18.0 Å². The molecule has 1 atom stereocenters. The first-order valence-electron chi connectivity index (χ1n) is 12.6. The number of amides is 1. The van der Waals surface area contributed by atoms with Gasteiger partial charge >= 0.3 is 5.69 Å². The highest BCUT2D eigenvalue weighted by atomic mass is 19.3. The van der Waals surface area contributed by atoms with Crippen molar-refractivity contribution in [3.63, 3.8) is 0 Å². The van der Waals surface area contributed by atoms with Crippen molar-refractivity contribution >= 4 is 17.1 Å². The number of benzene rings is 1. The highest BCUT2D eigenvalue weighted by Gasteiger charge is 2.57. The molecule has 1 aromatic carbocycles. The number of carbonyl (C=O) groups is 1. The van der Waals surface area contributed by atoms with Crippen molar-refractivity contribution in [3.8, 4) is 11.3 Å². The van der Waals surface area contributed by atoms with Crippen LogP contribution >= 0.6 is 0 Å². The number of likely N-dealkylation sites (N-methyl/N-ethyl adjacent to an activating group) is 1. The van der Waals surface area contributed by atoms with Gasteiger partial charge in [-0.25, -0.2) is 18.6 Å². The molecule has 1 fully saturated rings.